The summed E-state index contributed by atoms with van der Waals surface area (Å²) in [5.41, 5.74) is 0.719. The van der Waals surface area contributed by atoms with Crippen molar-refractivity contribution in [1.82, 2.24) is 0 Å². The molecule has 0 aliphatic carbocycles. The molecule has 7 nitrogen and oxygen atoms in total. The topological polar surface area (TPSA) is 96.0 Å². The third kappa shape index (κ3) is 3.93. The van der Waals surface area contributed by atoms with Crippen molar-refractivity contribution >= 4 is 21.8 Å². The number of hydrogen-bond donors (Lipinski definition) is 0. The van der Waals surface area contributed by atoms with Gasteiger partial charge in [-0.2, -0.15) is 0 Å². The first-order valence-electron chi connectivity index (χ1n) is 8.65. The fourth-order valence-corrected chi connectivity index (χ4v) is 5.59. The monoisotopic (exact) mass is 404 g/mol. The van der Waals surface area contributed by atoms with Gasteiger partial charge in [0.1, 0.15) is 17.1 Å². The van der Waals surface area contributed by atoms with Gasteiger partial charge >= 0.3 is 6.16 Å². The molecule has 2 aromatic rings. The standard InChI is InChI=1S/C20H20O7S/c1-25-12-13-26-20(22)27-17-16(21)18(14-8-4-2-5-9-14)28(23,24)19(17)15-10-6-3-7-11-15/h2-11,17-19H,12-13H2,1H3. The van der Waals surface area contributed by atoms with Gasteiger partial charge < -0.3 is 14.2 Å². The van der Waals surface area contributed by atoms with Crippen LogP contribution in [0.25, 0.3) is 0 Å². The third-order valence-corrected chi connectivity index (χ3v) is 6.85. The van der Waals surface area contributed by atoms with E-state index in [4.69, 9.17) is 14.2 Å². The molecule has 0 saturated carbocycles. The fraction of sp³-hybridized carbons (Fsp3) is 0.300. The normalized spacial score (nSPS) is 23.3. The van der Waals surface area contributed by atoms with Crippen LogP contribution in [0.2, 0.25) is 0 Å². The maximum absolute atomic E-state index is 13.3. The van der Waals surface area contributed by atoms with Crippen molar-refractivity contribution in [3.63, 3.8) is 0 Å². The minimum absolute atomic E-state index is 0.0683. The Kier molecular flexibility index (Phi) is 6.11. The Balaban J connectivity index is 1.98. The molecule has 8 heteroatoms. The second kappa shape index (κ2) is 8.53. The summed E-state index contributed by atoms with van der Waals surface area (Å²) in [6, 6.07) is 16.4. The number of carbonyl (C=O) groups excluding carboxylic acids is 2. The van der Waals surface area contributed by atoms with Gasteiger partial charge in [0.05, 0.1) is 6.61 Å². The SMILES string of the molecule is COCCOC(=O)OC1C(=O)C(c2ccccc2)S(=O)(=O)C1c1ccccc1. The van der Waals surface area contributed by atoms with E-state index >= 15 is 0 Å². The minimum atomic E-state index is -4.01. The van der Waals surface area contributed by atoms with Gasteiger partial charge in [-0.25, -0.2) is 13.2 Å². The molecule has 0 spiro atoms. The number of rotatable bonds is 6. The van der Waals surface area contributed by atoms with Gasteiger partial charge in [0.25, 0.3) is 0 Å². The summed E-state index contributed by atoms with van der Waals surface area (Å²) in [5, 5.41) is -2.71. The lowest BCUT2D eigenvalue weighted by Gasteiger charge is -2.18. The van der Waals surface area contributed by atoms with Gasteiger partial charge in [0.15, 0.2) is 21.7 Å². The molecule has 28 heavy (non-hydrogen) atoms. The van der Waals surface area contributed by atoms with E-state index in [0.29, 0.717) is 11.1 Å². The quantitative estimate of drug-likeness (QED) is 0.539. The molecule has 1 aliphatic heterocycles. The summed E-state index contributed by atoms with van der Waals surface area (Å²) in [5.74, 6) is -0.691. The molecule has 148 valence electrons. The molecule has 3 unspecified atom stereocenters. The first kappa shape index (κ1) is 20.0. The average molecular weight is 404 g/mol. The number of Topliss-reactive ketones (excluding diaryl/α,β-unsaturated/α-hetero) is 1. The number of ketones is 1. The molecule has 2 aromatic carbocycles. The molecule has 3 atom stereocenters. The second-order valence-electron chi connectivity index (χ2n) is 6.24. The van der Waals surface area contributed by atoms with Crippen LogP contribution in [0, 0.1) is 0 Å². The van der Waals surface area contributed by atoms with E-state index in [-0.39, 0.29) is 13.2 Å². The lowest BCUT2D eigenvalue weighted by molar-refractivity contribution is -0.127. The fourth-order valence-electron chi connectivity index (χ4n) is 3.23. The van der Waals surface area contributed by atoms with Crippen LogP contribution in [0.3, 0.4) is 0 Å². The van der Waals surface area contributed by atoms with Crippen molar-refractivity contribution in [2.24, 2.45) is 0 Å². The average Bonchev–Trinajstić information content (AvgIpc) is 2.88. The summed E-state index contributed by atoms with van der Waals surface area (Å²) < 4.78 is 41.4. The van der Waals surface area contributed by atoms with Crippen molar-refractivity contribution < 1.29 is 32.2 Å². The molecule has 1 heterocycles. The van der Waals surface area contributed by atoms with Crippen LogP contribution in [0.5, 0.6) is 0 Å². The molecule has 0 N–H and O–H groups in total. The Morgan fingerprint density at radius 2 is 1.50 bits per heavy atom. The highest BCUT2D eigenvalue weighted by atomic mass is 32.2. The van der Waals surface area contributed by atoms with Gasteiger partial charge in [-0.1, -0.05) is 60.7 Å². The summed E-state index contributed by atoms with van der Waals surface area (Å²) in [7, 11) is -2.57. The molecule has 1 aliphatic rings. The van der Waals surface area contributed by atoms with Crippen LogP contribution in [0.15, 0.2) is 60.7 Å². The van der Waals surface area contributed by atoms with Crippen molar-refractivity contribution in [2.45, 2.75) is 16.6 Å². The number of ether oxygens (including phenoxy) is 3. The Bertz CT molecular complexity index is 926. The predicted octanol–water partition coefficient (Wildman–Crippen LogP) is 2.63. The van der Waals surface area contributed by atoms with Crippen molar-refractivity contribution in [3.05, 3.63) is 71.8 Å². The maximum Gasteiger partial charge on any atom is 0.509 e. The Hall–Kier alpha value is -2.71. The number of carbonyl (C=O) groups is 2. The molecule has 1 saturated heterocycles. The third-order valence-electron chi connectivity index (χ3n) is 4.46. The first-order valence-corrected chi connectivity index (χ1v) is 10.3. The highest BCUT2D eigenvalue weighted by Crippen LogP contribution is 2.46. The number of benzene rings is 2. The van der Waals surface area contributed by atoms with E-state index in [1.165, 1.54) is 7.11 Å². The number of sulfone groups is 1. The summed E-state index contributed by atoms with van der Waals surface area (Å²) in [6.45, 7) is 0.0852. The lowest BCUT2D eigenvalue weighted by Crippen LogP contribution is -2.29. The molecule has 0 bridgehead atoms. The Morgan fingerprint density at radius 1 is 0.929 bits per heavy atom. The molecule has 0 radical (unpaired) electrons. The molecule has 3 rings (SSSR count). The number of hydrogen-bond acceptors (Lipinski definition) is 7. The van der Waals surface area contributed by atoms with Gasteiger partial charge in [-0.3, -0.25) is 4.79 Å². The van der Waals surface area contributed by atoms with Crippen LogP contribution in [0.1, 0.15) is 21.6 Å². The van der Waals surface area contributed by atoms with Crippen LogP contribution < -0.4 is 0 Å². The predicted molar refractivity (Wildman–Crippen MR) is 100 cm³/mol. The Morgan fingerprint density at radius 3 is 2.07 bits per heavy atom. The van der Waals surface area contributed by atoms with Crippen molar-refractivity contribution in [3.8, 4) is 0 Å². The van der Waals surface area contributed by atoms with E-state index in [0.717, 1.165) is 0 Å². The zero-order chi connectivity index (χ0) is 20.1. The highest BCUT2D eigenvalue weighted by molar-refractivity contribution is 7.93. The molecular weight excluding hydrogens is 384 g/mol. The van der Waals surface area contributed by atoms with E-state index in [9.17, 15) is 18.0 Å². The number of methoxy groups -OCH3 is 1. The summed E-state index contributed by atoms with van der Waals surface area (Å²) in [4.78, 5) is 25.0. The van der Waals surface area contributed by atoms with Gasteiger partial charge in [-0.15, -0.1) is 0 Å². The maximum atomic E-state index is 13.3. The summed E-state index contributed by atoms with van der Waals surface area (Å²) in [6.07, 6.45) is -2.60. The summed E-state index contributed by atoms with van der Waals surface area (Å²) >= 11 is 0. The van der Waals surface area contributed by atoms with E-state index in [1.807, 2.05) is 0 Å². The van der Waals surface area contributed by atoms with Crippen LogP contribution in [-0.4, -0.2) is 46.8 Å². The highest BCUT2D eigenvalue weighted by Gasteiger charge is 2.57. The largest absolute Gasteiger partial charge is 0.509 e. The van der Waals surface area contributed by atoms with Gasteiger partial charge in [0, 0.05) is 7.11 Å². The second-order valence-corrected chi connectivity index (χ2v) is 8.40. The lowest BCUT2D eigenvalue weighted by atomic mass is 10.00. The van der Waals surface area contributed by atoms with Crippen LogP contribution in [-0.2, 0) is 28.8 Å². The molecule has 0 amide bonds. The zero-order valence-electron chi connectivity index (χ0n) is 15.2. The van der Waals surface area contributed by atoms with Crippen LogP contribution in [0.4, 0.5) is 4.79 Å². The minimum Gasteiger partial charge on any atom is -0.432 e. The van der Waals surface area contributed by atoms with E-state index in [2.05, 4.69) is 0 Å². The molecule has 1 fully saturated rings. The van der Waals surface area contributed by atoms with E-state index < -0.39 is 38.4 Å². The van der Waals surface area contributed by atoms with E-state index in [1.54, 1.807) is 60.7 Å². The van der Waals surface area contributed by atoms with Crippen LogP contribution >= 0.6 is 0 Å². The first-order chi connectivity index (χ1) is 13.5. The Labute approximate surface area is 163 Å². The van der Waals surface area contributed by atoms with Crippen molar-refractivity contribution in [2.75, 3.05) is 20.3 Å². The smallest absolute Gasteiger partial charge is 0.432 e. The van der Waals surface area contributed by atoms with Gasteiger partial charge in [-0.05, 0) is 11.1 Å². The zero-order valence-corrected chi connectivity index (χ0v) is 16.0. The molecule has 0 aromatic heterocycles. The molecular formula is C20H20O7S. The van der Waals surface area contributed by atoms with Crippen molar-refractivity contribution in [1.29, 1.82) is 0 Å². The van der Waals surface area contributed by atoms with Gasteiger partial charge in [0.2, 0.25) is 0 Å².